The molecular formula is C20H22N2O4. The van der Waals surface area contributed by atoms with Gasteiger partial charge in [-0.2, -0.15) is 0 Å². The molecule has 1 saturated heterocycles. The first-order valence-electron chi connectivity index (χ1n) is 8.69. The van der Waals surface area contributed by atoms with Gasteiger partial charge in [-0.15, -0.1) is 0 Å². The summed E-state index contributed by atoms with van der Waals surface area (Å²) in [7, 11) is 1.66. The summed E-state index contributed by atoms with van der Waals surface area (Å²) >= 11 is 0. The van der Waals surface area contributed by atoms with E-state index in [0.29, 0.717) is 19.0 Å². The molecule has 0 unspecified atom stereocenters. The van der Waals surface area contributed by atoms with Gasteiger partial charge in [-0.25, -0.2) is 9.78 Å². The van der Waals surface area contributed by atoms with Crippen molar-refractivity contribution in [1.29, 1.82) is 0 Å². The SMILES string of the molecule is COc1ccc(CC2CCN(C(=O)c3cccc(C(=O)O)n3)CC2)cc1. The number of piperidine rings is 1. The minimum absolute atomic E-state index is 0.106. The van der Waals surface area contributed by atoms with Crippen LogP contribution in [-0.2, 0) is 6.42 Å². The Morgan fingerprint density at radius 1 is 1.12 bits per heavy atom. The van der Waals surface area contributed by atoms with Gasteiger partial charge in [0.2, 0.25) is 0 Å². The molecule has 1 aliphatic rings. The van der Waals surface area contributed by atoms with Crippen LogP contribution < -0.4 is 4.74 Å². The highest BCUT2D eigenvalue weighted by Gasteiger charge is 2.25. The maximum atomic E-state index is 12.6. The zero-order valence-electron chi connectivity index (χ0n) is 14.7. The molecule has 2 heterocycles. The lowest BCUT2D eigenvalue weighted by atomic mass is 9.90. The summed E-state index contributed by atoms with van der Waals surface area (Å²) in [6, 6.07) is 12.6. The standard InChI is InChI=1S/C20H22N2O4/c1-26-16-7-5-14(6-8-16)13-15-9-11-22(12-10-15)19(23)17-3-2-4-18(21-17)20(24)25/h2-8,15H,9-13H2,1H3,(H,24,25). The maximum Gasteiger partial charge on any atom is 0.354 e. The average molecular weight is 354 g/mol. The number of nitrogens with zero attached hydrogens (tertiary/aromatic N) is 2. The predicted octanol–water partition coefficient (Wildman–Crippen LogP) is 2.88. The first-order chi connectivity index (χ1) is 12.6. The number of benzene rings is 1. The summed E-state index contributed by atoms with van der Waals surface area (Å²) in [6.45, 7) is 1.33. The van der Waals surface area contributed by atoms with Gasteiger partial charge in [-0.3, -0.25) is 4.79 Å². The Balaban J connectivity index is 1.56. The molecule has 1 amide bonds. The first kappa shape index (κ1) is 17.9. The van der Waals surface area contributed by atoms with Crippen molar-refractivity contribution in [3.05, 3.63) is 59.4 Å². The third-order valence-corrected chi connectivity index (χ3v) is 4.77. The number of hydrogen-bond acceptors (Lipinski definition) is 4. The lowest BCUT2D eigenvalue weighted by Gasteiger charge is -2.32. The van der Waals surface area contributed by atoms with Crippen LogP contribution in [0.4, 0.5) is 0 Å². The van der Waals surface area contributed by atoms with Crippen molar-refractivity contribution in [3.63, 3.8) is 0 Å². The molecule has 26 heavy (non-hydrogen) atoms. The molecule has 3 rings (SSSR count). The van der Waals surface area contributed by atoms with E-state index in [0.717, 1.165) is 25.0 Å². The molecule has 0 aliphatic carbocycles. The molecule has 0 radical (unpaired) electrons. The Labute approximate surface area is 152 Å². The number of carbonyl (C=O) groups is 2. The second-order valence-corrected chi connectivity index (χ2v) is 6.50. The lowest BCUT2D eigenvalue weighted by Crippen LogP contribution is -2.39. The van der Waals surface area contributed by atoms with Crippen LogP contribution >= 0.6 is 0 Å². The van der Waals surface area contributed by atoms with E-state index in [1.165, 1.54) is 11.6 Å². The van der Waals surface area contributed by atoms with Gasteiger partial charge in [0.25, 0.3) is 5.91 Å². The van der Waals surface area contributed by atoms with Gasteiger partial charge in [0, 0.05) is 13.1 Å². The van der Waals surface area contributed by atoms with E-state index in [9.17, 15) is 9.59 Å². The van der Waals surface area contributed by atoms with E-state index in [1.54, 1.807) is 24.1 Å². The van der Waals surface area contributed by atoms with Gasteiger partial charge in [0.05, 0.1) is 7.11 Å². The number of aromatic nitrogens is 1. The minimum atomic E-state index is -1.13. The quantitative estimate of drug-likeness (QED) is 0.893. The molecule has 1 aromatic carbocycles. The first-order valence-corrected chi connectivity index (χ1v) is 8.69. The average Bonchev–Trinajstić information content (AvgIpc) is 2.68. The van der Waals surface area contributed by atoms with E-state index < -0.39 is 5.97 Å². The largest absolute Gasteiger partial charge is 0.497 e. The Morgan fingerprint density at radius 2 is 1.77 bits per heavy atom. The number of ether oxygens (including phenoxy) is 1. The molecule has 0 bridgehead atoms. The predicted molar refractivity (Wildman–Crippen MR) is 96.5 cm³/mol. The molecule has 136 valence electrons. The highest BCUT2D eigenvalue weighted by molar-refractivity contribution is 5.94. The van der Waals surface area contributed by atoms with Gasteiger partial charge in [0.1, 0.15) is 17.1 Å². The summed E-state index contributed by atoms with van der Waals surface area (Å²) in [5.74, 6) is 0.0601. The van der Waals surface area contributed by atoms with Crippen molar-refractivity contribution in [1.82, 2.24) is 9.88 Å². The van der Waals surface area contributed by atoms with Gasteiger partial charge >= 0.3 is 5.97 Å². The number of pyridine rings is 1. The Hall–Kier alpha value is -2.89. The van der Waals surface area contributed by atoms with Crippen molar-refractivity contribution in [2.45, 2.75) is 19.3 Å². The van der Waals surface area contributed by atoms with Crippen LogP contribution in [0.3, 0.4) is 0 Å². The number of likely N-dealkylation sites (tertiary alicyclic amines) is 1. The maximum absolute atomic E-state index is 12.6. The highest BCUT2D eigenvalue weighted by Crippen LogP contribution is 2.23. The number of carbonyl (C=O) groups excluding carboxylic acids is 1. The van der Waals surface area contributed by atoms with E-state index in [4.69, 9.17) is 9.84 Å². The number of aromatic carboxylic acids is 1. The number of amides is 1. The smallest absolute Gasteiger partial charge is 0.354 e. The van der Waals surface area contributed by atoms with Crippen LogP contribution in [0.15, 0.2) is 42.5 Å². The molecule has 1 N–H and O–H groups in total. The zero-order valence-corrected chi connectivity index (χ0v) is 14.7. The molecule has 1 aliphatic heterocycles. The van der Waals surface area contributed by atoms with Gasteiger partial charge < -0.3 is 14.7 Å². The third kappa shape index (κ3) is 4.20. The number of carboxylic acid groups (broad SMARTS) is 1. The monoisotopic (exact) mass is 354 g/mol. The Morgan fingerprint density at radius 3 is 2.38 bits per heavy atom. The second kappa shape index (κ2) is 7.99. The molecule has 2 aromatic rings. The summed E-state index contributed by atoms with van der Waals surface area (Å²) < 4.78 is 5.18. The van der Waals surface area contributed by atoms with Crippen molar-refractivity contribution >= 4 is 11.9 Å². The van der Waals surface area contributed by atoms with Crippen LogP contribution in [-0.4, -0.2) is 47.1 Å². The topological polar surface area (TPSA) is 79.7 Å². The number of hydrogen-bond donors (Lipinski definition) is 1. The van der Waals surface area contributed by atoms with Crippen molar-refractivity contribution < 1.29 is 19.4 Å². The number of rotatable bonds is 5. The fraction of sp³-hybridized carbons (Fsp3) is 0.350. The fourth-order valence-corrected chi connectivity index (χ4v) is 3.27. The second-order valence-electron chi connectivity index (χ2n) is 6.50. The highest BCUT2D eigenvalue weighted by atomic mass is 16.5. The Kier molecular flexibility index (Phi) is 5.51. The van der Waals surface area contributed by atoms with Crippen molar-refractivity contribution in [2.75, 3.05) is 20.2 Å². The zero-order chi connectivity index (χ0) is 18.5. The van der Waals surface area contributed by atoms with Gasteiger partial charge in [0.15, 0.2) is 0 Å². The van der Waals surface area contributed by atoms with Crippen molar-refractivity contribution in [2.24, 2.45) is 5.92 Å². The van der Waals surface area contributed by atoms with Crippen LogP contribution in [0.25, 0.3) is 0 Å². The molecule has 0 spiro atoms. The summed E-state index contributed by atoms with van der Waals surface area (Å²) in [6.07, 6.45) is 2.84. The van der Waals surface area contributed by atoms with Crippen molar-refractivity contribution in [3.8, 4) is 5.75 Å². The fourth-order valence-electron chi connectivity index (χ4n) is 3.27. The van der Waals surface area contributed by atoms with Crippen LogP contribution in [0.5, 0.6) is 5.75 Å². The molecule has 0 atom stereocenters. The summed E-state index contributed by atoms with van der Waals surface area (Å²) in [5.41, 5.74) is 1.36. The van der Waals surface area contributed by atoms with Gasteiger partial charge in [-0.1, -0.05) is 18.2 Å². The van der Waals surface area contributed by atoms with Crippen LogP contribution in [0.1, 0.15) is 39.4 Å². The lowest BCUT2D eigenvalue weighted by molar-refractivity contribution is 0.0680. The van der Waals surface area contributed by atoms with E-state index >= 15 is 0 Å². The molecule has 6 nitrogen and oxygen atoms in total. The Bertz CT molecular complexity index is 781. The van der Waals surface area contributed by atoms with Crippen LogP contribution in [0, 0.1) is 5.92 Å². The third-order valence-electron chi connectivity index (χ3n) is 4.77. The van der Waals surface area contributed by atoms with E-state index in [1.807, 2.05) is 12.1 Å². The molecular weight excluding hydrogens is 332 g/mol. The molecule has 1 fully saturated rings. The minimum Gasteiger partial charge on any atom is -0.497 e. The van der Waals surface area contributed by atoms with Gasteiger partial charge in [-0.05, 0) is 55.0 Å². The molecule has 1 aromatic heterocycles. The van der Waals surface area contributed by atoms with E-state index in [2.05, 4.69) is 17.1 Å². The van der Waals surface area contributed by atoms with E-state index in [-0.39, 0.29) is 17.3 Å². The molecule has 6 heteroatoms. The normalized spacial score (nSPS) is 14.9. The summed E-state index contributed by atoms with van der Waals surface area (Å²) in [4.78, 5) is 29.3. The number of carboxylic acids is 1. The molecule has 0 saturated carbocycles. The van der Waals surface area contributed by atoms with Crippen LogP contribution in [0.2, 0.25) is 0 Å². The number of methoxy groups -OCH3 is 1. The summed E-state index contributed by atoms with van der Waals surface area (Å²) in [5, 5.41) is 9.01.